The minimum Gasteiger partial charge on any atom is -0.354 e. The van der Waals surface area contributed by atoms with Gasteiger partial charge in [-0.05, 0) is 31.4 Å². The Hall–Kier alpha value is -2.56. The molecule has 0 spiro atoms. The molecule has 0 saturated carbocycles. The molecule has 4 heterocycles. The highest BCUT2D eigenvalue weighted by Crippen LogP contribution is 2.22. The summed E-state index contributed by atoms with van der Waals surface area (Å²) < 4.78 is 24.7. The number of amides is 1. The van der Waals surface area contributed by atoms with Crippen molar-refractivity contribution in [1.29, 1.82) is 0 Å². The van der Waals surface area contributed by atoms with Gasteiger partial charge in [0.25, 0.3) is 0 Å². The Morgan fingerprint density at radius 2 is 2.00 bits per heavy atom. The van der Waals surface area contributed by atoms with Gasteiger partial charge in [0.2, 0.25) is 5.91 Å². The molecule has 0 bridgehead atoms. The summed E-state index contributed by atoms with van der Waals surface area (Å²) in [6, 6.07) is 3.40. The molecule has 27 heavy (non-hydrogen) atoms. The van der Waals surface area contributed by atoms with E-state index >= 15 is 0 Å². The second-order valence-electron chi connectivity index (χ2n) is 6.98. The highest BCUT2D eigenvalue weighted by atomic mass is 32.2. The number of hydrogen-bond acceptors (Lipinski definition) is 8. The van der Waals surface area contributed by atoms with Gasteiger partial charge in [0.05, 0.1) is 17.4 Å². The van der Waals surface area contributed by atoms with E-state index in [0.29, 0.717) is 24.6 Å². The molecule has 0 radical (unpaired) electrons. The number of nitrogens with zero attached hydrogens (tertiary/aromatic N) is 6. The van der Waals surface area contributed by atoms with E-state index in [1.165, 1.54) is 11.0 Å². The van der Waals surface area contributed by atoms with E-state index in [2.05, 4.69) is 25.6 Å². The Labute approximate surface area is 156 Å². The molecule has 2 aliphatic heterocycles. The van der Waals surface area contributed by atoms with Crippen molar-refractivity contribution in [3.05, 3.63) is 24.8 Å². The van der Waals surface area contributed by atoms with Crippen LogP contribution in [0.1, 0.15) is 19.3 Å². The molecule has 144 valence electrons. The first kappa shape index (κ1) is 17.8. The summed E-state index contributed by atoms with van der Waals surface area (Å²) in [4.78, 5) is 18.5. The molecule has 11 heteroatoms. The van der Waals surface area contributed by atoms with E-state index in [1.807, 2.05) is 17.0 Å². The number of rotatable bonds is 4. The summed E-state index contributed by atoms with van der Waals surface area (Å²) in [7, 11) is -3.00. The van der Waals surface area contributed by atoms with Crippen LogP contribution in [0.15, 0.2) is 24.8 Å². The van der Waals surface area contributed by atoms with E-state index in [4.69, 9.17) is 0 Å². The third-order valence-electron chi connectivity index (χ3n) is 4.98. The number of hydrogen-bond donors (Lipinski definition) is 1. The number of sulfone groups is 1. The van der Waals surface area contributed by atoms with Crippen molar-refractivity contribution in [3.8, 4) is 5.82 Å². The van der Waals surface area contributed by atoms with Crippen LogP contribution in [0.25, 0.3) is 5.82 Å². The molecule has 0 aromatic carbocycles. The van der Waals surface area contributed by atoms with Gasteiger partial charge in [-0.25, -0.2) is 18.1 Å². The van der Waals surface area contributed by atoms with Gasteiger partial charge >= 0.3 is 0 Å². The van der Waals surface area contributed by atoms with Crippen LogP contribution in [0.2, 0.25) is 0 Å². The van der Waals surface area contributed by atoms with E-state index in [0.717, 1.165) is 19.4 Å². The summed E-state index contributed by atoms with van der Waals surface area (Å²) in [5.41, 5.74) is 0. The molecule has 2 aromatic rings. The first-order chi connectivity index (χ1) is 13.0. The lowest BCUT2D eigenvalue weighted by Gasteiger charge is -2.33. The minimum absolute atomic E-state index is 0.0460. The number of carbonyl (C=O) groups excluding carboxylic acids is 1. The molecule has 0 unspecified atom stereocenters. The Morgan fingerprint density at radius 1 is 1.19 bits per heavy atom. The third kappa shape index (κ3) is 4.07. The molecule has 10 nitrogen and oxygen atoms in total. The standard InChI is InChI=1S/C16H21N7O3S/c24-16(19-13-5-7-27(25,26)9-13)12-2-1-6-22(8-12)14-3-4-15(21-20-14)23-11-17-10-18-23/h3-4,10-13H,1-2,5-9H2,(H,19,24)/t12-,13+/m0/s1. The van der Waals surface area contributed by atoms with E-state index < -0.39 is 9.84 Å². The van der Waals surface area contributed by atoms with Gasteiger partial charge in [-0.3, -0.25) is 4.79 Å². The number of piperidine rings is 1. The second kappa shape index (κ2) is 7.22. The summed E-state index contributed by atoms with van der Waals surface area (Å²) in [6.07, 6.45) is 5.13. The van der Waals surface area contributed by atoms with Crippen molar-refractivity contribution in [2.75, 3.05) is 29.5 Å². The first-order valence-electron chi connectivity index (χ1n) is 8.95. The normalized spacial score (nSPS) is 24.7. The highest BCUT2D eigenvalue weighted by Gasteiger charge is 2.32. The molecule has 2 atom stereocenters. The summed E-state index contributed by atoms with van der Waals surface area (Å²) >= 11 is 0. The predicted octanol–water partition coefficient (Wildman–Crippen LogP) is -0.423. The van der Waals surface area contributed by atoms with Gasteiger partial charge < -0.3 is 10.2 Å². The van der Waals surface area contributed by atoms with Gasteiger partial charge in [0, 0.05) is 19.1 Å². The average Bonchev–Trinajstić information content (AvgIpc) is 3.32. The molecule has 1 amide bonds. The summed E-state index contributed by atoms with van der Waals surface area (Å²) in [6.45, 7) is 1.35. The van der Waals surface area contributed by atoms with Crippen LogP contribution in [0.5, 0.6) is 0 Å². The lowest BCUT2D eigenvalue weighted by atomic mass is 9.96. The molecule has 2 saturated heterocycles. The highest BCUT2D eigenvalue weighted by molar-refractivity contribution is 7.91. The second-order valence-corrected chi connectivity index (χ2v) is 9.21. The van der Waals surface area contributed by atoms with Gasteiger partial charge in [-0.15, -0.1) is 10.2 Å². The van der Waals surface area contributed by atoms with E-state index in [-0.39, 0.29) is 29.4 Å². The fourth-order valence-electron chi connectivity index (χ4n) is 3.56. The maximum absolute atomic E-state index is 12.6. The van der Waals surface area contributed by atoms with Crippen molar-refractivity contribution in [2.45, 2.75) is 25.3 Å². The van der Waals surface area contributed by atoms with Crippen molar-refractivity contribution >= 4 is 21.6 Å². The SMILES string of the molecule is O=C(N[C@@H]1CCS(=O)(=O)C1)[C@H]1CCCN(c2ccc(-n3cncn3)nn2)C1. The molecule has 0 aliphatic carbocycles. The monoisotopic (exact) mass is 391 g/mol. The zero-order valence-electron chi connectivity index (χ0n) is 14.7. The Balaban J connectivity index is 1.38. The maximum atomic E-state index is 12.6. The van der Waals surface area contributed by atoms with Crippen LogP contribution < -0.4 is 10.2 Å². The fourth-order valence-corrected chi connectivity index (χ4v) is 5.24. The van der Waals surface area contributed by atoms with Gasteiger partial charge in [0.1, 0.15) is 12.7 Å². The minimum atomic E-state index is -3.00. The first-order valence-corrected chi connectivity index (χ1v) is 10.8. The maximum Gasteiger partial charge on any atom is 0.225 e. The van der Waals surface area contributed by atoms with Crippen molar-refractivity contribution in [1.82, 2.24) is 30.3 Å². The number of nitrogens with one attached hydrogen (secondary N) is 1. The van der Waals surface area contributed by atoms with E-state index in [9.17, 15) is 13.2 Å². The summed E-state index contributed by atoms with van der Waals surface area (Å²) in [5, 5.41) is 15.3. The zero-order valence-corrected chi connectivity index (χ0v) is 15.5. The molecule has 4 rings (SSSR count). The molecule has 2 fully saturated rings. The van der Waals surface area contributed by atoms with Crippen molar-refractivity contribution in [2.24, 2.45) is 5.92 Å². The van der Waals surface area contributed by atoms with Crippen LogP contribution in [0, 0.1) is 5.92 Å². The fraction of sp³-hybridized carbons (Fsp3) is 0.562. The van der Waals surface area contributed by atoms with Gasteiger partial charge in [0.15, 0.2) is 21.5 Å². The van der Waals surface area contributed by atoms with Crippen LogP contribution >= 0.6 is 0 Å². The van der Waals surface area contributed by atoms with Crippen molar-refractivity contribution in [3.63, 3.8) is 0 Å². The quantitative estimate of drug-likeness (QED) is 0.745. The Morgan fingerprint density at radius 3 is 2.67 bits per heavy atom. The molecule has 1 N–H and O–H groups in total. The molecule has 2 aliphatic rings. The van der Waals surface area contributed by atoms with E-state index in [1.54, 1.807) is 6.33 Å². The van der Waals surface area contributed by atoms with Gasteiger partial charge in [-0.1, -0.05) is 0 Å². The molecule has 2 aromatic heterocycles. The molecular weight excluding hydrogens is 370 g/mol. The number of aromatic nitrogens is 5. The Kier molecular flexibility index (Phi) is 4.77. The topological polar surface area (TPSA) is 123 Å². The van der Waals surface area contributed by atoms with Crippen LogP contribution in [0.3, 0.4) is 0 Å². The predicted molar refractivity (Wildman–Crippen MR) is 97.1 cm³/mol. The number of anilines is 1. The lowest BCUT2D eigenvalue weighted by molar-refractivity contribution is -0.125. The lowest BCUT2D eigenvalue weighted by Crippen LogP contribution is -2.46. The Bertz CT molecular complexity index is 899. The van der Waals surface area contributed by atoms with Crippen LogP contribution in [-0.2, 0) is 14.6 Å². The van der Waals surface area contributed by atoms with Crippen LogP contribution in [0.4, 0.5) is 5.82 Å². The smallest absolute Gasteiger partial charge is 0.225 e. The molecular formula is C16H21N7O3S. The largest absolute Gasteiger partial charge is 0.354 e. The van der Waals surface area contributed by atoms with Crippen LogP contribution in [-0.4, -0.2) is 69.9 Å². The van der Waals surface area contributed by atoms with Gasteiger partial charge in [-0.2, -0.15) is 5.10 Å². The number of carbonyl (C=O) groups is 1. The third-order valence-corrected chi connectivity index (χ3v) is 6.75. The van der Waals surface area contributed by atoms with Crippen molar-refractivity contribution < 1.29 is 13.2 Å². The summed E-state index contributed by atoms with van der Waals surface area (Å²) in [5.74, 6) is 1.23. The zero-order chi connectivity index (χ0) is 18.9. The average molecular weight is 391 g/mol.